The molecule has 1 unspecified atom stereocenters. The van der Waals surface area contributed by atoms with Crippen LogP contribution in [0.5, 0.6) is 11.5 Å². The van der Waals surface area contributed by atoms with E-state index in [4.69, 9.17) is 14.2 Å². The van der Waals surface area contributed by atoms with Gasteiger partial charge < -0.3 is 24.6 Å². The Labute approximate surface area is 249 Å². The molecule has 0 aromatic heterocycles. The van der Waals surface area contributed by atoms with Crippen molar-refractivity contribution in [1.82, 2.24) is 0 Å². The van der Waals surface area contributed by atoms with Crippen LogP contribution in [0.3, 0.4) is 0 Å². The first-order valence-electron chi connectivity index (χ1n) is 12.9. The van der Waals surface area contributed by atoms with Crippen molar-refractivity contribution in [2.45, 2.75) is 20.8 Å². The zero-order chi connectivity index (χ0) is 32.1. The minimum absolute atomic E-state index is 0.00387. The Morgan fingerprint density at radius 3 is 2.37 bits per heavy atom. The van der Waals surface area contributed by atoms with Crippen molar-refractivity contribution in [3.8, 4) is 11.5 Å². The van der Waals surface area contributed by atoms with Crippen molar-refractivity contribution in [3.63, 3.8) is 0 Å². The topological polar surface area (TPSA) is 162 Å². The predicted molar refractivity (Wildman–Crippen MR) is 163 cm³/mol. The number of nitro groups is 1. The summed E-state index contributed by atoms with van der Waals surface area (Å²) in [5, 5.41) is 31.4. The zero-order valence-corrected chi connectivity index (χ0v) is 24.6. The number of aliphatic hydroxyl groups is 1. The first-order chi connectivity index (χ1) is 20.5. The van der Waals surface area contributed by atoms with Gasteiger partial charge in [0, 0.05) is 6.07 Å². The number of rotatable bonds is 14. The average Bonchev–Trinajstić information content (AvgIpc) is 2.99. The van der Waals surface area contributed by atoms with E-state index in [1.807, 2.05) is 26.0 Å². The monoisotopic (exact) mass is 590 g/mol. The summed E-state index contributed by atoms with van der Waals surface area (Å²) < 4.78 is 15.9. The Bertz CT molecular complexity index is 1520. The summed E-state index contributed by atoms with van der Waals surface area (Å²) in [5.41, 5.74) is 1.52. The fourth-order valence-corrected chi connectivity index (χ4v) is 3.74. The smallest absolute Gasteiger partial charge is 0.338 e. The number of carbonyl (C=O) groups is 2. The predicted octanol–water partition coefficient (Wildman–Crippen LogP) is 7.16. The highest BCUT2D eigenvalue weighted by Crippen LogP contribution is 2.32. The number of non-ortho nitro benzene ring substituents is 1. The van der Waals surface area contributed by atoms with Crippen LogP contribution in [0.25, 0.3) is 0 Å². The number of nitrogens with zero attached hydrogens (tertiary/aromatic N) is 3. The summed E-state index contributed by atoms with van der Waals surface area (Å²) in [7, 11) is 2.65. The van der Waals surface area contributed by atoms with Crippen molar-refractivity contribution in [2.75, 3.05) is 26.1 Å². The zero-order valence-electron chi connectivity index (χ0n) is 24.6. The number of nitrogens with one attached hydrogen (secondary N) is 1. The maximum atomic E-state index is 13.0. The molecule has 2 aromatic carbocycles. The number of aliphatic hydroxyl groups excluding tert-OH is 1. The number of benzene rings is 2. The van der Waals surface area contributed by atoms with E-state index in [9.17, 15) is 24.8 Å². The lowest BCUT2D eigenvalue weighted by atomic mass is 9.98. The number of hydrogen-bond donors (Lipinski definition) is 2. The Hall–Kier alpha value is -5.52. The maximum absolute atomic E-state index is 13.0. The molecule has 0 radical (unpaired) electrons. The molecule has 2 N–H and O–H groups in total. The third-order valence-corrected chi connectivity index (χ3v) is 6.07. The second kappa shape index (κ2) is 16.1. The number of ether oxygens (including phenoxy) is 3. The highest BCUT2D eigenvalue weighted by atomic mass is 16.6. The number of anilines is 1. The fraction of sp³-hybridized carbons (Fsp3) is 0.226. The van der Waals surface area contributed by atoms with Gasteiger partial charge in [-0.3, -0.25) is 14.9 Å². The summed E-state index contributed by atoms with van der Waals surface area (Å²) in [6.07, 6.45) is 7.26. The Kier molecular flexibility index (Phi) is 12.6. The number of azo groups is 1. The molecule has 0 aliphatic rings. The van der Waals surface area contributed by atoms with E-state index >= 15 is 0 Å². The Balaban J connectivity index is 2.21. The van der Waals surface area contributed by atoms with Gasteiger partial charge in [0.05, 0.1) is 36.5 Å². The Morgan fingerprint density at radius 2 is 1.81 bits per heavy atom. The molecule has 0 bridgehead atoms. The van der Waals surface area contributed by atoms with Crippen LogP contribution in [0.2, 0.25) is 0 Å². The summed E-state index contributed by atoms with van der Waals surface area (Å²) in [6.45, 7) is 12.7. The molecular weight excluding hydrogens is 556 g/mol. The summed E-state index contributed by atoms with van der Waals surface area (Å²) in [5.74, 6) is -1.67. The van der Waals surface area contributed by atoms with Crippen molar-refractivity contribution < 1.29 is 33.8 Å². The lowest BCUT2D eigenvalue weighted by molar-refractivity contribution is -0.384. The number of methoxy groups -OCH3 is 2. The highest BCUT2D eigenvalue weighted by molar-refractivity contribution is 6.05. The largest absolute Gasteiger partial charge is 0.510 e. The van der Waals surface area contributed by atoms with Gasteiger partial charge in [-0.25, -0.2) is 4.79 Å². The molecule has 0 saturated heterocycles. The number of carbonyl (C=O) groups excluding carboxylic acids is 2. The van der Waals surface area contributed by atoms with Crippen LogP contribution >= 0.6 is 0 Å². The molecule has 0 heterocycles. The molecule has 1 amide bonds. The molecule has 0 fully saturated rings. The van der Waals surface area contributed by atoms with Crippen molar-refractivity contribution in [3.05, 3.63) is 112 Å². The number of esters is 1. The number of amides is 1. The third kappa shape index (κ3) is 9.25. The van der Waals surface area contributed by atoms with Crippen molar-refractivity contribution in [2.24, 2.45) is 16.1 Å². The minimum atomic E-state index is -0.840. The standard InChI is InChI=1S/C31H34N4O8/c1-8-21(15-19(4)22(9-2)10-3)18-43-31(38)23-11-13-25(27(16-23)41-6)32-30(37)29(20(5)36)34-33-26-14-12-24(35(39)40)17-28(26)42-7/h8-17,19,36H,1-2,18H2,3-7H3,(H,32,37)/b21-15+,22-10+,29-20?,34-33?. The number of hydrogen-bond acceptors (Lipinski definition) is 10. The minimum Gasteiger partial charge on any atom is -0.510 e. The van der Waals surface area contributed by atoms with Crippen LogP contribution in [0.1, 0.15) is 31.1 Å². The van der Waals surface area contributed by atoms with Gasteiger partial charge in [0.1, 0.15) is 23.8 Å². The third-order valence-electron chi connectivity index (χ3n) is 6.07. The van der Waals surface area contributed by atoms with Crippen LogP contribution in [0, 0.1) is 16.0 Å². The van der Waals surface area contributed by atoms with Gasteiger partial charge in [-0.2, -0.15) is 0 Å². The summed E-state index contributed by atoms with van der Waals surface area (Å²) in [4.78, 5) is 36.1. The molecule has 0 spiro atoms. The quantitative estimate of drug-likeness (QED) is 0.0445. The fourth-order valence-electron chi connectivity index (χ4n) is 3.74. The second-order valence-electron chi connectivity index (χ2n) is 8.92. The lowest BCUT2D eigenvalue weighted by Crippen LogP contribution is -2.16. The normalized spacial score (nSPS) is 13.0. The van der Waals surface area contributed by atoms with Crippen molar-refractivity contribution in [1.29, 1.82) is 0 Å². The van der Waals surface area contributed by atoms with E-state index in [0.29, 0.717) is 0 Å². The second-order valence-corrected chi connectivity index (χ2v) is 8.92. The van der Waals surface area contributed by atoms with Crippen LogP contribution in [-0.4, -0.2) is 42.7 Å². The number of allylic oxidation sites excluding steroid dienone is 5. The molecule has 0 aliphatic carbocycles. The van der Waals surface area contributed by atoms with E-state index in [0.717, 1.165) is 17.2 Å². The molecule has 0 aliphatic heterocycles. The van der Waals surface area contributed by atoms with Gasteiger partial charge in [0.25, 0.3) is 11.6 Å². The van der Waals surface area contributed by atoms with Gasteiger partial charge in [-0.05, 0) is 55.2 Å². The first kappa shape index (κ1) is 33.7. The van der Waals surface area contributed by atoms with Crippen LogP contribution in [-0.2, 0) is 9.53 Å². The van der Waals surface area contributed by atoms with E-state index in [2.05, 4.69) is 28.7 Å². The summed E-state index contributed by atoms with van der Waals surface area (Å²) >= 11 is 0. The molecule has 12 nitrogen and oxygen atoms in total. The molecular formula is C31H34N4O8. The van der Waals surface area contributed by atoms with Gasteiger partial charge >= 0.3 is 5.97 Å². The van der Waals surface area contributed by atoms with Gasteiger partial charge in [-0.15, -0.1) is 10.2 Å². The highest BCUT2D eigenvalue weighted by Gasteiger charge is 2.19. The van der Waals surface area contributed by atoms with Crippen molar-refractivity contribution >= 4 is 28.9 Å². The van der Waals surface area contributed by atoms with Gasteiger partial charge in [-0.1, -0.05) is 44.4 Å². The molecule has 2 rings (SSSR count). The molecule has 12 heteroatoms. The number of nitro benzene ring substituents is 1. The maximum Gasteiger partial charge on any atom is 0.338 e. The summed E-state index contributed by atoms with van der Waals surface area (Å²) in [6, 6.07) is 7.90. The van der Waals surface area contributed by atoms with E-state index in [1.54, 1.807) is 12.2 Å². The van der Waals surface area contributed by atoms with Crippen LogP contribution in [0.4, 0.5) is 17.1 Å². The van der Waals surface area contributed by atoms with Crippen LogP contribution in [0.15, 0.2) is 107 Å². The van der Waals surface area contributed by atoms with E-state index < -0.39 is 28.3 Å². The van der Waals surface area contributed by atoms with Gasteiger partial charge in [0.2, 0.25) is 0 Å². The molecule has 1 atom stereocenters. The molecule has 226 valence electrons. The average molecular weight is 591 g/mol. The van der Waals surface area contributed by atoms with Crippen LogP contribution < -0.4 is 14.8 Å². The van der Waals surface area contributed by atoms with Gasteiger partial charge in [0.15, 0.2) is 11.4 Å². The SMILES string of the molecule is C=C/C(=C\C(C)/C(C=C)=C/C)COC(=O)c1ccc(NC(=O)C(N=Nc2ccc([N+](=O)[O-])cc2OC)=C(C)O)c(OC)c1. The molecule has 43 heavy (non-hydrogen) atoms. The lowest BCUT2D eigenvalue weighted by Gasteiger charge is -2.13. The van der Waals surface area contributed by atoms with E-state index in [-0.39, 0.29) is 46.6 Å². The van der Waals surface area contributed by atoms with E-state index in [1.165, 1.54) is 51.5 Å². The Morgan fingerprint density at radius 1 is 1.12 bits per heavy atom. The molecule has 0 saturated carbocycles. The molecule has 2 aromatic rings. The first-order valence-corrected chi connectivity index (χ1v) is 12.9.